The number of hydrogen-bond donors (Lipinski definition) is 0. The van der Waals surface area contributed by atoms with E-state index >= 15 is 0 Å². The van der Waals surface area contributed by atoms with Crippen LogP contribution in [0.1, 0.15) is 0 Å². The topological polar surface area (TPSA) is 9.23 Å². The van der Waals surface area contributed by atoms with Crippen LogP contribution < -0.4 is 4.29 Å². The Kier molecular flexibility index (Phi) is 5.12. The van der Waals surface area contributed by atoms with E-state index < -0.39 is 0 Å². The first-order chi connectivity index (χ1) is 3.93. The Morgan fingerprint density at radius 1 is 1.11 bits per heavy atom. The van der Waals surface area contributed by atoms with E-state index in [4.69, 9.17) is 11.9 Å². The second kappa shape index (κ2) is 5.02. The van der Waals surface area contributed by atoms with Crippen molar-refractivity contribution >= 4 is 11.9 Å². The summed E-state index contributed by atoms with van der Waals surface area (Å²) in [6, 6.07) is 9.19. The van der Waals surface area contributed by atoms with Gasteiger partial charge in [0.05, 0.1) is 0 Å². The van der Waals surface area contributed by atoms with E-state index in [9.17, 15) is 0 Å². The number of rotatable bonds is 1. The molecule has 0 N–H and O–H groups in total. The van der Waals surface area contributed by atoms with Crippen molar-refractivity contribution in [2.75, 3.05) is 0 Å². The summed E-state index contributed by atoms with van der Waals surface area (Å²) in [5.74, 6) is 0.675. The fourth-order valence-electron chi connectivity index (χ4n) is 0.472. The van der Waals surface area contributed by atoms with Crippen LogP contribution in [0.25, 0.3) is 0 Å². The molecule has 0 amide bonds. The Hall–Kier alpha value is 0.193. The molecule has 1 rings (SSSR count). The summed E-state index contributed by atoms with van der Waals surface area (Å²) in [6.45, 7) is 0. The monoisotopic (exact) mass is 218 g/mol. The van der Waals surface area contributed by atoms with Crippen molar-refractivity contribution in [1.29, 1.82) is 0 Å². The predicted molar refractivity (Wildman–Crippen MR) is 32.9 cm³/mol. The van der Waals surface area contributed by atoms with Gasteiger partial charge < -0.3 is 4.29 Å². The fourth-order valence-corrected chi connectivity index (χ4v) is 0.575. The summed E-state index contributed by atoms with van der Waals surface area (Å²) in [7, 11) is 0. The van der Waals surface area contributed by atoms with E-state index in [0.29, 0.717) is 5.75 Å². The maximum absolute atomic E-state index is 5.03. The minimum Gasteiger partial charge on any atom is -0.386 e. The fraction of sp³-hybridized carbons (Fsp3) is 0. The molecular weight excluding hydrogens is 215 g/mol. The molecule has 1 aromatic rings. The van der Waals surface area contributed by atoms with Gasteiger partial charge in [-0.05, 0) is 12.1 Å². The van der Waals surface area contributed by atoms with Crippen molar-refractivity contribution in [2.45, 2.75) is 0 Å². The van der Waals surface area contributed by atoms with Crippen LogP contribution in [-0.4, -0.2) is 0 Å². The molecule has 0 aliphatic carbocycles. The molecule has 0 saturated heterocycles. The van der Waals surface area contributed by atoms with Gasteiger partial charge in [0, 0.05) is 26.2 Å². The normalized spacial score (nSPS) is 7.67. The quantitative estimate of drug-likeness (QED) is 0.704. The molecule has 0 spiro atoms. The van der Waals surface area contributed by atoms with Gasteiger partial charge in [0.2, 0.25) is 0 Å². The zero-order valence-electron chi connectivity index (χ0n) is 4.67. The Labute approximate surface area is 78.3 Å². The van der Waals surface area contributed by atoms with Gasteiger partial charge in [-0.15, -0.1) is 0 Å². The van der Waals surface area contributed by atoms with Gasteiger partial charge in [-0.1, -0.05) is 18.2 Å². The maximum atomic E-state index is 5.03. The molecule has 0 saturated carbocycles. The molecule has 0 aliphatic rings. The summed E-state index contributed by atoms with van der Waals surface area (Å²) in [6.07, 6.45) is 0. The predicted octanol–water partition coefficient (Wildman–Crippen LogP) is 2.22. The number of para-hydroxylation sites is 1. The van der Waals surface area contributed by atoms with Crippen molar-refractivity contribution in [3.63, 3.8) is 0 Å². The van der Waals surface area contributed by atoms with Crippen LogP contribution in [0.3, 0.4) is 0 Å². The van der Waals surface area contributed by atoms with Crippen molar-refractivity contribution in [3.8, 4) is 5.75 Å². The zero-order chi connectivity index (χ0) is 5.82. The third kappa shape index (κ3) is 3.02. The Morgan fingerprint density at radius 3 is 2.00 bits per heavy atom. The number of halogens is 1. The van der Waals surface area contributed by atoms with Gasteiger partial charge in [-0.3, -0.25) is 0 Å². The molecule has 0 radical (unpaired) electrons. The number of benzene rings is 1. The third-order valence-electron chi connectivity index (χ3n) is 0.832. The summed E-state index contributed by atoms with van der Waals surface area (Å²) >= 11 is 5.03. The molecule has 0 heterocycles. The van der Waals surface area contributed by atoms with E-state index in [1.54, 1.807) is 12.1 Å². The molecule has 0 bridgehead atoms. The van der Waals surface area contributed by atoms with Crippen LogP contribution in [0.4, 0.5) is 0 Å². The van der Waals surface area contributed by atoms with Gasteiger partial charge in [-0.2, -0.15) is 0 Å². The molecule has 46 valence electrons. The molecule has 0 aromatic heterocycles. The molecule has 1 nitrogen and oxygen atoms in total. The summed E-state index contributed by atoms with van der Waals surface area (Å²) in [5.41, 5.74) is 0. The summed E-state index contributed by atoms with van der Waals surface area (Å²) in [4.78, 5) is 0. The molecule has 0 unspecified atom stereocenters. The second-order valence-electron chi connectivity index (χ2n) is 1.39. The zero-order valence-corrected chi connectivity index (χ0v) is 7.89. The Balaban J connectivity index is 0.000000640. The molecule has 0 atom stereocenters. The molecular formula is C6H5ClOZr. The largest absolute Gasteiger partial charge is 0.386 e. The average Bonchev–Trinajstić information content (AvgIpc) is 1.90. The van der Waals surface area contributed by atoms with Crippen molar-refractivity contribution in [1.82, 2.24) is 0 Å². The van der Waals surface area contributed by atoms with Crippen LogP contribution >= 0.6 is 11.9 Å². The SMILES string of the molecule is ClOc1ccccc1.[Zr]. The van der Waals surface area contributed by atoms with E-state index in [1.807, 2.05) is 18.2 Å². The third-order valence-corrected chi connectivity index (χ3v) is 1.01. The van der Waals surface area contributed by atoms with Gasteiger partial charge in [0.15, 0.2) is 0 Å². The van der Waals surface area contributed by atoms with Crippen LogP contribution in [0.15, 0.2) is 30.3 Å². The van der Waals surface area contributed by atoms with E-state index in [0.717, 1.165) is 0 Å². The molecule has 9 heavy (non-hydrogen) atoms. The second-order valence-corrected chi connectivity index (χ2v) is 1.54. The molecule has 0 aliphatic heterocycles. The number of hydrogen-bond acceptors (Lipinski definition) is 1. The smallest absolute Gasteiger partial charge is 0.146 e. The first-order valence-electron chi connectivity index (χ1n) is 2.27. The molecule has 1 aromatic carbocycles. The van der Waals surface area contributed by atoms with Crippen molar-refractivity contribution in [3.05, 3.63) is 30.3 Å². The first-order valence-corrected chi connectivity index (χ1v) is 2.58. The van der Waals surface area contributed by atoms with Crippen molar-refractivity contribution < 1.29 is 30.5 Å². The molecule has 0 fully saturated rings. The minimum atomic E-state index is 0. The van der Waals surface area contributed by atoms with Crippen LogP contribution in [0.5, 0.6) is 5.75 Å². The van der Waals surface area contributed by atoms with Crippen LogP contribution in [0.2, 0.25) is 0 Å². The van der Waals surface area contributed by atoms with E-state index in [1.165, 1.54) is 0 Å². The Morgan fingerprint density at radius 2 is 1.67 bits per heavy atom. The van der Waals surface area contributed by atoms with Crippen molar-refractivity contribution in [2.24, 2.45) is 0 Å². The van der Waals surface area contributed by atoms with Gasteiger partial charge in [0.1, 0.15) is 17.6 Å². The summed E-state index contributed by atoms with van der Waals surface area (Å²) < 4.78 is 4.39. The van der Waals surface area contributed by atoms with Crippen LogP contribution in [0, 0.1) is 0 Å². The average molecular weight is 220 g/mol. The van der Waals surface area contributed by atoms with Gasteiger partial charge in [-0.25, -0.2) is 0 Å². The maximum Gasteiger partial charge on any atom is 0.146 e. The van der Waals surface area contributed by atoms with Gasteiger partial charge in [0.25, 0.3) is 0 Å². The Bertz CT molecular complexity index is 154. The van der Waals surface area contributed by atoms with E-state index in [-0.39, 0.29) is 26.2 Å². The van der Waals surface area contributed by atoms with E-state index in [2.05, 4.69) is 4.29 Å². The minimum absolute atomic E-state index is 0. The first kappa shape index (κ1) is 9.19. The van der Waals surface area contributed by atoms with Gasteiger partial charge >= 0.3 is 0 Å². The van der Waals surface area contributed by atoms with Crippen LogP contribution in [-0.2, 0) is 26.2 Å². The standard InChI is InChI=1S/C6H5ClO.Zr/c7-8-6-4-2-1-3-5-6;/h1-5H;. The summed E-state index contributed by atoms with van der Waals surface area (Å²) in [5, 5.41) is 0. The molecule has 3 heteroatoms.